The molecule has 37 heavy (non-hydrogen) atoms. The Morgan fingerprint density at radius 3 is 2.32 bits per heavy atom. The molecule has 0 aromatic heterocycles. The number of hydrogen-bond acceptors (Lipinski definition) is 5. The third-order valence-corrected chi connectivity index (χ3v) is 8.45. The van der Waals surface area contributed by atoms with E-state index >= 15 is 0 Å². The lowest BCUT2D eigenvalue weighted by atomic mass is 9.92. The van der Waals surface area contributed by atoms with Gasteiger partial charge < -0.3 is 15.3 Å². The summed E-state index contributed by atoms with van der Waals surface area (Å²) in [7, 11) is -3.85. The van der Waals surface area contributed by atoms with Gasteiger partial charge in [-0.25, -0.2) is 8.42 Å². The molecule has 0 aliphatic carbocycles. The molecule has 7 nitrogen and oxygen atoms in total. The van der Waals surface area contributed by atoms with E-state index in [1.165, 1.54) is 17.0 Å². The van der Waals surface area contributed by atoms with Crippen molar-refractivity contribution in [3.63, 3.8) is 0 Å². The smallest absolute Gasteiger partial charge is 0.238 e. The zero-order chi connectivity index (χ0) is 26.6. The fourth-order valence-corrected chi connectivity index (χ4v) is 5.87. The minimum atomic E-state index is -3.85. The van der Waals surface area contributed by atoms with Crippen LogP contribution in [0.3, 0.4) is 0 Å². The summed E-state index contributed by atoms with van der Waals surface area (Å²) in [4.78, 5) is 28.0. The number of nitrogens with zero attached hydrogens (tertiary/aromatic N) is 1. The summed E-state index contributed by atoms with van der Waals surface area (Å²) in [5.41, 5.74) is 3.56. The second-order valence-corrected chi connectivity index (χ2v) is 11.7. The summed E-state index contributed by atoms with van der Waals surface area (Å²) >= 11 is 5.94. The third kappa shape index (κ3) is 6.57. The van der Waals surface area contributed by atoms with Gasteiger partial charge in [-0.15, -0.1) is 0 Å². The fourth-order valence-electron chi connectivity index (χ4n) is 4.53. The van der Waals surface area contributed by atoms with Gasteiger partial charge in [-0.1, -0.05) is 65.7 Å². The highest BCUT2D eigenvalue weighted by atomic mass is 35.5. The summed E-state index contributed by atoms with van der Waals surface area (Å²) in [6, 6.07) is 19.7. The lowest BCUT2D eigenvalue weighted by Gasteiger charge is -2.37. The molecule has 4 rings (SSSR count). The van der Waals surface area contributed by atoms with Crippen LogP contribution >= 0.6 is 11.6 Å². The van der Waals surface area contributed by atoms with Gasteiger partial charge in [-0.2, -0.15) is 0 Å². The zero-order valence-corrected chi connectivity index (χ0v) is 22.0. The molecule has 1 aliphatic heterocycles. The summed E-state index contributed by atoms with van der Waals surface area (Å²) in [6.07, 6.45) is 0.388. The quantitative estimate of drug-likeness (QED) is 0.454. The maximum Gasteiger partial charge on any atom is 0.238 e. The Labute approximate surface area is 222 Å². The molecule has 3 aromatic carbocycles. The van der Waals surface area contributed by atoms with Gasteiger partial charge >= 0.3 is 0 Å². The first-order valence-electron chi connectivity index (χ1n) is 12.0. The van der Waals surface area contributed by atoms with Crippen molar-refractivity contribution in [3.8, 4) is 0 Å². The van der Waals surface area contributed by atoms with Crippen molar-refractivity contribution < 1.29 is 23.1 Å². The number of halogens is 1. The normalized spacial score (nSPS) is 16.1. The molecule has 194 valence electrons. The predicted octanol–water partition coefficient (Wildman–Crippen LogP) is 3.62. The number of rotatable bonds is 8. The van der Waals surface area contributed by atoms with Gasteiger partial charge in [0.1, 0.15) is 5.75 Å². The van der Waals surface area contributed by atoms with Crippen molar-refractivity contribution in [2.75, 3.05) is 12.4 Å². The molecular formula is C28H29ClN2O5S. The van der Waals surface area contributed by atoms with E-state index in [-0.39, 0.29) is 30.4 Å². The summed E-state index contributed by atoms with van der Waals surface area (Å²) < 4.78 is 25.9. The Morgan fingerprint density at radius 2 is 1.68 bits per heavy atom. The van der Waals surface area contributed by atoms with Crippen molar-refractivity contribution in [1.29, 1.82) is 0 Å². The molecule has 2 atom stereocenters. The van der Waals surface area contributed by atoms with E-state index in [0.717, 1.165) is 16.7 Å². The zero-order valence-electron chi connectivity index (χ0n) is 20.4. The number of carbonyl (C=O) groups is 2. The number of nitrogens with one attached hydrogen (secondary N) is 1. The van der Waals surface area contributed by atoms with Gasteiger partial charge in [0.25, 0.3) is 0 Å². The molecule has 1 aliphatic rings. The second-order valence-electron chi connectivity index (χ2n) is 9.28. The van der Waals surface area contributed by atoms with Crippen LogP contribution in [0.25, 0.3) is 0 Å². The molecule has 0 spiro atoms. The topological polar surface area (TPSA) is 104 Å². The highest BCUT2D eigenvalue weighted by Crippen LogP contribution is 2.27. The Balaban J connectivity index is 1.52. The van der Waals surface area contributed by atoms with Crippen LogP contribution in [0.5, 0.6) is 0 Å². The van der Waals surface area contributed by atoms with E-state index in [1.807, 2.05) is 31.2 Å². The molecule has 0 unspecified atom stereocenters. The van der Waals surface area contributed by atoms with E-state index in [4.69, 9.17) is 11.6 Å². The van der Waals surface area contributed by atoms with Gasteiger partial charge in [0.15, 0.2) is 9.84 Å². The standard InChI is InChI=1S/C28H29ClN2O5S/c1-19-6-12-25(13-7-19)37(35,36)18-28(34)31-16-22-5-3-2-4-21(22)14-24(31)15-27(33)30-26(17-32)20-8-10-23(29)11-9-20/h2-13,24,26,32H,14-18H2,1H3,(H,30,33)/t24-,26+/m0/s1. The lowest BCUT2D eigenvalue weighted by Crippen LogP contribution is -2.48. The van der Waals surface area contributed by atoms with Crippen molar-refractivity contribution in [2.24, 2.45) is 0 Å². The lowest BCUT2D eigenvalue weighted by molar-refractivity contribution is -0.133. The first-order chi connectivity index (χ1) is 17.7. The summed E-state index contributed by atoms with van der Waals surface area (Å²) in [5, 5.41) is 13.2. The van der Waals surface area contributed by atoms with Gasteiger partial charge in [0.05, 0.1) is 17.5 Å². The minimum absolute atomic E-state index is 0.0330. The second kappa shape index (κ2) is 11.5. The number of amides is 2. The number of aryl methyl sites for hydroxylation is 1. The first-order valence-corrected chi connectivity index (χ1v) is 14.0. The maximum absolute atomic E-state index is 13.4. The first kappa shape index (κ1) is 26.9. The molecule has 0 bridgehead atoms. The van der Waals surface area contributed by atoms with Crippen LogP contribution in [-0.2, 0) is 32.4 Å². The average molecular weight is 541 g/mol. The third-order valence-electron chi connectivity index (χ3n) is 6.58. The van der Waals surface area contributed by atoms with Crippen molar-refractivity contribution in [1.82, 2.24) is 10.2 Å². The van der Waals surface area contributed by atoms with Gasteiger partial charge in [0, 0.05) is 24.0 Å². The van der Waals surface area contributed by atoms with E-state index in [2.05, 4.69) is 5.32 Å². The Hall–Kier alpha value is -3.20. The van der Waals surface area contributed by atoms with Crippen LogP contribution in [0.15, 0.2) is 77.7 Å². The number of fused-ring (bicyclic) bond motifs is 1. The molecule has 3 aromatic rings. The number of benzene rings is 3. The predicted molar refractivity (Wildman–Crippen MR) is 142 cm³/mol. The van der Waals surface area contributed by atoms with Gasteiger partial charge in [-0.05, 0) is 54.3 Å². The molecule has 9 heteroatoms. The van der Waals surface area contributed by atoms with E-state index in [9.17, 15) is 23.1 Å². The van der Waals surface area contributed by atoms with E-state index in [1.54, 1.807) is 36.4 Å². The van der Waals surface area contributed by atoms with Crippen LogP contribution in [0.1, 0.15) is 34.7 Å². The molecular weight excluding hydrogens is 512 g/mol. The van der Waals surface area contributed by atoms with Crippen molar-refractivity contribution in [3.05, 3.63) is 100 Å². The van der Waals surface area contributed by atoms with Crippen molar-refractivity contribution in [2.45, 2.75) is 43.3 Å². The number of carbonyl (C=O) groups excluding carboxylic acids is 2. The van der Waals surface area contributed by atoms with Crippen LogP contribution in [0.2, 0.25) is 5.02 Å². The van der Waals surface area contributed by atoms with Gasteiger partial charge in [-0.3, -0.25) is 9.59 Å². The molecule has 0 fully saturated rings. The highest BCUT2D eigenvalue weighted by molar-refractivity contribution is 7.92. The number of sulfone groups is 1. The van der Waals surface area contributed by atoms with Crippen LogP contribution in [-0.4, -0.2) is 48.6 Å². The summed E-state index contributed by atoms with van der Waals surface area (Å²) in [5.74, 6) is -1.58. The highest BCUT2D eigenvalue weighted by Gasteiger charge is 2.34. The molecule has 0 saturated heterocycles. The van der Waals surface area contributed by atoms with Gasteiger partial charge in [0.2, 0.25) is 11.8 Å². The molecule has 0 saturated carbocycles. The average Bonchev–Trinajstić information content (AvgIpc) is 2.87. The Morgan fingerprint density at radius 1 is 1.03 bits per heavy atom. The van der Waals surface area contributed by atoms with Crippen LogP contribution < -0.4 is 5.32 Å². The number of hydrogen-bond donors (Lipinski definition) is 2. The monoisotopic (exact) mass is 540 g/mol. The van der Waals surface area contributed by atoms with E-state index in [0.29, 0.717) is 17.0 Å². The van der Waals surface area contributed by atoms with Crippen molar-refractivity contribution >= 4 is 33.3 Å². The Kier molecular flexibility index (Phi) is 8.32. The number of aliphatic hydroxyl groups is 1. The summed E-state index contributed by atoms with van der Waals surface area (Å²) in [6.45, 7) is 1.77. The molecule has 1 heterocycles. The van der Waals surface area contributed by atoms with Crippen LogP contribution in [0, 0.1) is 6.92 Å². The molecule has 2 N–H and O–H groups in total. The molecule has 0 radical (unpaired) electrons. The minimum Gasteiger partial charge on any atom is -0.394 e. The molecule has 2 amide bonds. The fraction of sp³-hybridized carbons (Fsp3) is 0.286. The largest absolute Gasteiger partial charge is 0.394 e. The maximum atomic E-state index is 13.4. The van der Waals surface area contributed by atoms with E-state index < -0.39 is 33.6 Å². The van der Waals surface area contributed by atoms with Crippen LogP contribution in [0.4, 0.5) is 0 Å². The SMILES string of the molecule is Cc1ccc(S(=O)(=O)CC(=O)N2Cc3ccccc3C[C@H]2CC(=O)N[C@H](CO)c2ccc(Cl)cc2)cc1. The Bertz CT molecular complexity index is 1370. The number of aliphatic hydroxyl groups excluding tert-OH is 1.